The van der Waals surface area contributed by atoms with E-state index >= 15 is 0 Å². The summed E-state index contributed by atoms with van der Waals surface area (Å²) < 4.78 is 0. The van der Waals surface area contributed by atoms with Crippen molar-refractivity contribution in [3.05, 3.63) is 11.6 Å². The summed E-state index contributed by atoms with van der Waals surface area (Å²) in [7, 11) is 0. The van der Waals surface area contributed by atoms with Crippen LogP contribution in [-0.4, -0.2) is 16.9 Å². The van der Waals surface area contributed by atoms with Gasteiger partial charge in [0.05, 0.1) is 5.92 Å². The van der Waals surface area contributed by atoms with E-state index in [2.05, 4.69) is 20.8 Å². The normalized spacial score (nSPS) is 42.5. The molecule has 0 amide bonds. The summed E-state index contributed by atoms with van der Waals surface area (Å²) in [5, 5.41) is 9.16. The van der Waals surface area contributed by atoms with Crippen molar-refractivity contribution in [3.63, 3.8) is 0 Å². The van der Waals surface area contributed by atoms with Crippen LogP contribution in [0.2, 0.25) is 0 Å². The second kappa shape index (κ2) is 8.10. The molecule has 4 rings (SSSR count). The van der Waals surface area contributed by atoms with Crippen molar-refractivity contribution in [1.82, 2.24) is 0 Å². The number of carboxylic acids is 1. The number of aliphatic carboxylic acids is 1. The molecule has 3 heteroatoms. The lowest BCUT2D eigenvalue weighted by Crippen LogP contribution is -2.50. The Morgan fingerprint density at radius 2 is 1.83 bits per heavy atom. The lowest BCUT2D eigenvalue weighted by atomic mass is 9.46. The van der Waals surface area contributed by atoms with Crippen molar-refractivity contribution in [2.75, 3.05) is 0 Å². The Balaban J connectivity index is 1.44. The van der Waals surface area contributed by atoms with Gasteiger partial charge in [0.15, 0.2) is 5.78 Å². The van der Waals surface area contributed by atoms with Crippen molar-refractivity contribution in [3.8, 4) is 0 Å². The fraction of sp³-hybridized carbons (Fsp3) is 0.852. The molecule has 0 saturated heterocycles. The van der Waals surface area contributed by atoms with Crippen LogP contribution in [-0.2, 0) is 9.59 Å². The molecular weight excluding hydrogens is 372 g/mol. The van der Waals surface area contributed by atoms with Gasteiger partial charge in [-0.2, -0.15) is 0 Å². The highest BCUT2D eigenvalue weighted by Crippen LogP contribution is 2.67. The predicted molar refractivity (Wildman–Crippen MR) is 120 cm³/mol. The molecule has 0 aromatic carbocycles. The first-order valence-corrected chi connectivity index (χ1v) is 12.6. The van der Waals surface area contributed by atoms with Gasteiger partial charge in [0.2, 0.25) is 0 Å². The monoisotopic (exact) mass is 414 g/mol. The zero-order valence-electron chi connectivity index (χ0n) is 19.6. The van der Waals surface area contributed by atoms with Gasteiger partial charge >= 0.3 is 5.97 Å². The average molecular weight is 415 g/mol. The van der Waals surface area contributed by atoms with E-state index in [0.29, 0.717) is 17.1 Å². The third-order valence-electron chi connectivity index (χ3n) is 10.4. The van der Waals surface area contributed by atoms with Gasteiger partial charge in [-0.3, -0.25) is 9.59 Å². The van der Waals surface area contributed by atoms with Gasteiger partial charge in [0, 0.05) is 6.42 Å². The maximum atomic E-state index is 12.0. The Kier molecular flexibility index (Phi) is 5.96. The topological polar surface area (TPSA) is 54.4 Å². The third-order valence-corrected chi connectivity index (χ3v) is 10.4. The van der Waals surface area contributed by atoms with Crippen molar-refractivity contribution in [2.24, 2.45) is 46.3 Å². The van der Waals surface area contributed by atoms with Gasteiger partial charge in [0.25, 0.3) is 0 Å². The standard InChI is InChI=1S/C27H42O3/c1-17(6-5-7-18(2)25(29)30)22-10-11-23-21-9-8-19-16-20(28)12-14-26(19,3)24(21)13-15-27(22,23)4/h16-18,21-24H,5-15H2,1-4H3,(H,29,30)/t17?,18-,21?,22-,23?,24?,26?,27-/m1/s1. The molecule has 0 radical (unpaired) electrons. The predicted octanol–water partition coefficient (Wildman–Crippen LogP) is 6.66. The van der Waals surface area contributed by atoms with Crippen molar-refractivity contribution in [2.45, 2.75) is 98.3 Å². The van der Waals surface area contributed by atoms with Crippen LogP contribution < -0.4 is 0 Å². The van der Waals surface area contributed by atoms with E-state index in [1.807, 2.05) is 13.0 Å². The average Bonchev–Trinajstić information content (AvgIpc) is 3.05. The Hall–Kier alpha value is -1.12. The highest BCUT2D eigenvalue weighted by atomic mass is 16.4. The Bertz CT molecular complexity index is 724. The van der Waals surface area contributed by atoms with Crippen LogP contribution in [0.15, 0.2) is 11.6 Å². The molecule has 0 aromatic rings. The number of ketones is 1. The molecule has 8 atom stereocenters. The van der Waals surface area contributed by atoms with Gasteiger partial charge in [-0.15, -0.1) is 0 Å². The molecule has 168 valence electrons. The fourth-order valence-electron chi connectivity index (χ4n) is 8.61. The highest BCUT2D eigenvalue weighted by Gasteiger charge is 2.59. The summed E-state index contributed by atoms with van der Waals surface area (Å²) in [5.74, 6) is 3.43. The van der Waals surface area contributed by atoms with E-state index in [0.717, 1.165) is 55.8 Å². The van der Waals surface area contributed by atoms with Crippen LogP contribution in [0.1, 0.15) is 98.3 Å². The second-order valence-corrected chi connectivity index (χ2v) is 11.8. The molecule has 0 aliphatic heterocycles. The molecular formula is C27H42O3. The van der Waals surface area contributed by atoms with E-state index < -0.39 is 5.97 Å². The smallest absolute Gasteiger partial charge is 0.306 e. The summed E-state index contributed by atoms with van der Waals surface area (Å²) in [5.41, 5.74) is 2.20. The highest BCUT2D eigenvalue weighted by molar-refractivity contribution is 5.91. The summed E-state index contributed by atoms with van der Waals surface area (Å²) in [6.07, 6.45) is 14.7. The molecule has 5 unspecified atom stereocenters. The first-order valence-electron chi connectivity index (χ1n) is 12.6. The van der Waals surface area contributed by atoms with Crippen LogP contribution >= 0.6 is 0 Å². The van der Waals surface area contributed by atoms with Crippen LogP contribution in [0.25, 0.3) is 0 Å². The minimum absolute atomic E-state index is 0.216. The lowest BCUT2D eigenvalue weighted by Gasteiger charge is -2.58. The molecule has 3 fully saturated rings. The number of rotatable bonds is 6. The van der Waals surface area contributed by atoms with E-state index in [9.17, 15) is 9.59 Å². The van der Waals surface area contributed by atoms with Gasteiger partial charge in [-0.05, 0) is 97.9 Å². The summed E-state index contributed by atoms with van der Waals surface area (Å²) in [4.78, 5) is 23.2. The second-order valence-electron chi connectivity index (χ2n) is 11.8. The van der Waals surface area contributed by atoms with E-state index in [1.165, 1.54) is 44.1 Å². The van der Waals surface area contributed by atoms with E-state index in [-0.39, 0.29) is 11.3 Å². The molecule has 4 aliphatic rings. The number of carbonyl (C=O) groups is 2. The van der Waals surface area contributed by atoms with Crippen LogP contribution in [0.3, 0.4) is 0 Å². The summed E-state index contributed by atoms with van der Waals surface area (Å²) in [6, 6.07) is 0. The quantitative estimate of drug-likeness (QED) is 0.528. The largest absolute Gasteiger partial charge is 0.481 e. The number of allylic oxidation sites excluding steroid dienone is 1. The third kappa shape index (κ3) is 3.58. The molecule has 3 saturated carbocycles. The van der Waals surface area contributed by atoms with Crippen molar-refractivity contribution < 1.29 is 14.7 Å². The Morgan fingerprint density at radius 1 is 1.07 bits per heavy atom. The van der Waals surface area contributed by atoms with Crippen LogP contribution in [0.5, 0.6) is 0 Å². The summed E-state index contributed by atoms with van der Waals surface area (Å²) in [6.45, 7) is 9.35. The molecule has 4 aliphatic carbocycles. The number of carbonyl (C=O) groups excluding carboxylic acids is 1. The minimum atomic E-state index is -0.655. The first-order chi connectivity index (χ1) is 14.2. The zero-order chi connectivity index (χ0) is 21.7. The van der Waals surface area contributed by atoms with Crippen LogP contribution in [0.4, 0.5) is 0 Å². The molecule has 0 heterocycles. The maximum absolute atomic E-state index is 12.0. The van der Waals surface area contributed by atoms with Gasteiger partial charge < -0.3 is 5.11 Å². The van der Waals surface area contributed by atoms with E-state index in [4.69, 9.17) is 5.11 Å². The van der Waals surface area contributed by atoms with Crippen LogP contribution in [0, 0.1) is 46.3 Å². The van der Waals surface area contributed by atoms with Crippen molar-refractivity contribution in [1.29, 1.82) is 0 Å². The molecule has 0 bridgehead atoms. The molecule has 3 nitrogen and oxygen atoms in total. The van der Waals surface area contributed by atoms with Gasteiger partial charge in [-0.25, -0.2) is 0 Å². The maximum Gasteiger partial charge on any atom is 0.306 e. The minimum Gasteiger partial charge on any atom is -0.481 e. The Morgan fingerprint density at radius 3 is 2.57 bits per heavy atom. The van der Waals surface area contributed by atoms with E-state index in [1.54, 1.807) is 0 Å². The lowest BCUT2D eigenvalue weighted by molar-refractivity contribution is -0.141. The van der Waals surface area contributed by atoms with Crippen molar-refractivity contribution >= 4 is 11.8 Å². The number of hydrogen-bond donors (Lipinski definition) is 1. The van der Waals surface area contributed by atoms with Gasteiger partial charge in [0.1, 0.15) is 0 Å². The number of fused-ring (bicyclic) bond motifs is 5. The number of carboxylic acid groups (broad SMARTS) is 1. The molecule has 30 heavy (non-hydrogen) atoms. The molecule has 0 aromatic heterocycles. The number of hydrogen-bond acceptors (Lipinski definition) is 2. The Labute approximate surface area is 183 Å². The fourth-order valence-corrected chi connectivity index (χ4v) is 8.61. The first kappa shape index (κ1) is 22.1. The zero-order valence-corrected chi connectivity index (χ0v) is 19.6. The van der Waals surface area contributed by atoms with Gasteiger partial charge in [-0.1, -0.05) is 46.1 Å². The SMILES string of the molecule is CC(CCC[C@@H](C)C(=O)O)[C@H]1CCC2C3CCC4=CC(=O)CCC4(C)C3CC[C@@]21C. The molecule has 1 N–H and O–H groups in total. The molecule has 0 spiro atoms. The summed E-state index contributed by atoms with van der Waals surface area (Å²) >= 11 is 0.